The molecule has 0 fully saturated rings. The van der Waals surface area contributed by atoms with Crippen molar-refractivity contribution < 1.29 is 4.79 Å². The Bertz CT molecular complexity index is 269. The van der Waals surface area contributed by atoms with Crippen molar-refractivity contribution in [2.75, 3.05) is 0 Å². The fourth-order valence-corrected chi connectivity index (χ4v) is 1.69. The van der Waals surface area contributed by atoms with E-state index in [1.807, 2.05) is 24.4 Å². The van der Waals surface area contributed by atoms with Gasteiger partial charge >= 0.3 is 0 Å². The molecule has 0 aliphatic carbocycles. The van der Waals surface area contributed by atoms with Crippen molar-refractivity contribution in [3.05, 3.63) is 22.4 Å². The van der Waals surface area contributed by atoms with Crippen molar-refractivity contribution in [1.29, 1.82) is 0 Å². The van der Waals surface area contributed by atoms with Crippen molar-refractivity contribution >= 4 is 17.2 Å². The van der Waals surface area contributed by atoms with Crippen LogP contribution in [0.2, 0.25) is 0 Å². The van der Waals surface area contributed by atoms with Gasteiger partial charge < -0.3 is 11.1 Å². The summed E-state index contributed by atoms with van der Waals surface area (Å²) in [6, 6.07) is 3.58. The normalized spacial score (nSPS) is 15.0. The van der Waals surface area contributed by atoms with E-state index in [0.29, 0.717) is 0 Å². The first-order valence-electron chi connectivity index (χ1n) is 4.20. The van der Waals surface area contributed by atoms with Crippen LogP contribution in [0.5, 0.6) is 0 Å². The van der Waals surface area contributed by atoms with E-state index in [2.05, 4.69) is 5.32 Å². The molecule has 13 heavy (non-hydrogen) atoms. The van der Waals surface area contributed by atoms with Crippen LogP contribution >= 0.6 is 11.3 Å². The molecule has 1 unspecified atom stereocenters. The first-order valence-corrected chi connectivity index (χ1v) is 5.08. The Kier molecular flexibility index (Phi) is 3.45. The number of hydrogen-bond acceptors (Lipinski definition) is 3. The number of amides is 1. The second-order valence-electron chi connectivity index (χ2n) is 3.03. The van der Waals surface area contributed by atoms with Gasteiger partial charge in [0.05, 0.1) is 12.1 Å². The molecule has 3 N–H and O–H groups in total. The summed E-state index contributed by atoms with van der Waals surface area (Å²) in [5.74, 6) is -0.110. The molecule has 0 saturated carbocycles. The van der Waals surface area contributed by atoms with Gasteiger partial charge in [-0.05, 0) is 25.3 Å². The molecular formula is C9H14N2OS. The van der Waals surface area contributed by atoms with E-state index in [-0.39, 0.29) is 11.9 Å². The quantitative estimate of drug-likeness (QED) is 0.768. The highest BCUT2D eigenvalue weighted by Gasteiger charge is 2.12. The molecule has 1 aromatic heterocycles. The van der Waals surface area contributed by atoms with E-state index in [0.717, 1.165) is 4.88 Å². The zero-order valence-corrected chi connectivity index (χ0v) is 8.60. The highest BCUT2D eigenvalue weighted by atomic mass is 32.1. The van der Waals surface area contributed by atoms with Crippen LogP contribution in [0.3, 0.4) is 0 Å². The van der Waals surface area contributed by atoms with Crippen LogP contribution in [0.25, 0.3) is 0 Å². The summed E-state index contributed by atoms with van der Waals surface area (Å²) in [5.41, 5.74) is 5.43. The Balaban J connectivity index is 2.51. The standard InChI is InChI=1S/C9H14N2OS/c1-6(10)9(12)11-7(2)8-4-3-5-13-8/h3-7H,10H2,1-2H3,(H,11,12)/t6?,7-/m1/s1. The van der Waals surface area contributed by atoms with E-state index < -0.39 is 6.04 Å². The molecule has 1 amide bonds. The molecule has 0 aliphatic rings. The molecule has 1 rings (SSSR count). The first kappa shape index (κ1) is 10.2. The highest BCUT2D eigenvalue weighted by Crippen LogP contribution is 2.17. The second kappa shape index (κ2) is 4.39. The second-order valence-corrected chi connectivity index (χ2v) is 4.01. The summed E-state index contributed by atoms with van der Waals surface area (Å²) in [6.45, 7) is 3.63. The minimum atomic E-state index is -0.442. The first-order chi connectivity index (χ1) is 6.11. The molecule has 0 aliphatic heterocycles. The molecular weight excluding hydrogens is 184 g/mol. The third-order valence-electron chi connectivity index (χ3n) is 1.74. The third-order valence-corrected chi connectivity index (χ3v) is 2.80. The number of nitrogens with two attached hydrogens (primary N) is 1. The van der Waals surface area contributed by atoms with E-state index in [4.69, 9.17) is 5.73 Å². The third kappa shape index (κ3) is 2.82. The van der Waals surface area contributed by atoms with Gasteiger partial charge in [-0.15, -0.1) is 11.3 Å². The van der Waals surface area contributed by atoms with Crippen LogP contribution < -0.4 is 11.1 Å². The molecule has 72 valence electrons. The zero-order chi connectivity index (χ0) is 9.84. The number of hydrogen-bond donors (Lipinski definition) is 2. The summed E-state index contributed by atoms with van der Waals surface area (Å²) in [5, 5.41) is 4.82. The van der Waals surface area contributed by atoms with Crippen LogP contribution in [0.1, 0.15) is 24.8 Å². The summed E-state index contributed by atoms with van der Waals surface area (Å²) < 4.78 is 0. The molecule has 1 heterocycles. The van der Waals surface area contributed by atoms with Gasteiger partial charge in [-0.2, -0.15) is 0 Å². The highest BCUT2D eigenvalue weighted by molar-refractivity contribution is 7.10. The van der Waals surface area contributed by atoms with Crippen LogP contribution in [0, 0.1) is 0 Å². The van der Waals surface area contributed by atoms with Crippen LogP contribution in [-0.2, 0) is 4.79 Å². The van der Waals surface area contributed by atoms with Gasteiger partial charge in [-0.1, -0.05) is 6.07 Å². The fourth-order valence-electron chi connectivity index (χ4n) is 0.954. The Morgan fingerprint density at radius 3 is 2.77 bits per heavy atom. The van der Waals surface area contributed by atoms with Crippen molar-refractivity contribution in [3.63, 3.8) is 0 Å². The lowest BCUT2D eigenvalue weighted by molar-refractivity contribution is -0.122. The minimum absolute atomic E-state index is 0.0542. The smallest absolute Gasteiger partial charge is 0.237 e. The fraction of sp³-hybridized carbons (Fsp3) is 0.444. The van der Waals surface area contributed by atoms with E-state index >= 15 is 0 Å². The average Bonchev–Trinajstić information content (AvgIpc) is 2.55. The van der Waals surface area contributed by atoms with Gasteiger partial charge in [0.2, 0.25) is 5.91 Å². The molecule has 0 aromatic carbocycles. The maximum Gasteiger partial charge on any atom is 0.237 e. The molecule has 0 spiro atoms. The molecule has 0 saturated heterocycles. The number of thiophene rings is 1. The molecule has 4 heteroatoms. The average molecular weight is 198 g/mol. The van der Waals surface area contributed by atoms with Gasteiger partial charge in [0.15, 0.2) is 0 Å². The van der Waals surface area contributed by atoms with Crippen LogP contribution in [0.15, 0.2) is 17.5 Å². The number of nitrogens with one attached hydrogen (secondary N) is 1. The Labute approximate surface area is 81.9 Å². The molecule has 0 radical (unpaired) electrons. The Morgan fingerprint density at radius 2 is 2.31 bits per heavy atom. The zero-order valence-electron chi connectivity index (χ0n) is 7.78. The predicted molar refractivity (Wildman–Crippen MR) is 54.5 cm³/mol. The largest absolute Gasteiger partial charge is 0.347 e. The van der Waals surface area contributed by atoms with Crippen LogP contribution in [-0.4, -0.2) is 11.9 Å². The predicted octanol–water partition coefficient (Wildman–Crippen LogP) is 1.27. The lowest BCUT2D eigenvalue weighted by Crippen LogP contribution is -2.39. The summed E-state index contributed by atoms with van der Waals surface area (Å²) in [4.78, 5) is 12.4. The Hall–Kier alpha value is -0.870. The van der Waals surface area contributed by atoms with Crippen molar-refractivity contribution in [2.45, 2.75) is 25.9 Å². The molecule has 1 aromatic rings. The maximum absolute atomic E-state index is 11.2. The summed E-state index contributed by atoms with van der Waals surface area (Å²) in [6.07, 6.45) is 0. The molecule has 3 nitrogen and oxygen atoms in total. The van der Waals surface area contributed by atoms with Crippen molar-refractivity contribution in [2.24, 2.45) is 5.73 Å². The van der Waals surface area contributed by atoms with Gasteiger partial charge in [0.1, 0.15) is 0 Å². The SMILES string of the molecule is CC(N)C(=O)N[C@H](C)c1cccs1. The van der Waals surface area contributed by atoms with Crippen LogP contribution in [0.4, 0.5) is 0 Å². The topological polar surface area (TPSA) is 55.1 Å². The minimum Gasteiger partial charge on any atom is -0.347 e. The number of carbonyl (C=O) groups excluding carboxylic acids is 1. The number of rotatable bonds is 3. The lowest BCUT2D eigenvalue weighted by Gasteiger charge is -2.13. The summed E-state index contributed by atoms with van der Waals surface area (Å²) in [7, 11) is 0. The van der Waals surface area contributed by atoms with E-state index in [1.165, 1.54) is 0 Å². The summed E-state index contributed by atoms with van der Waals surface area (Å²) >= 11 is 1.63. The van der Waals surface area contributed by atoms with E-state index in [9.17, 15) is 4.79 Å². The van der Waals surface area contributed by atoms with Gasteiger partial charge in [0.25, 0.3) is 0 Å². The lowest BCUT2D eigenvalue weighted by atomic mass is 10.2. The maximum atomic E-state index is 11.2. The Morgan fingerprint density at radius 1 is 1.62 bits per heavy atom. The molecule has 2 atom stereocenters. The van der Waals surface area contributed by atoms with Crippen molar-refractivity contribution in [3.8, 4) is 0 Å². The van der Waals surface area contributed by atoms with Gasteiger partial charge in [-0.3, -0.25) is 4.79 Å². The monoisotopic (exact) mass is 198 g/mol. The number of carbonyl (C=O) groups is 1. The van der Waals surface area contributed by atoms with Gasteiger partial charge in [0, 0.05) is 4.88 Å². The van der Waals surface area contributed by atoms with E-state index in [1.54, 1.807) is 18.3 Å². The van der Waals surface area contributed by atoms with Crippen molar-refractivity contribution in [1.82, 2.24) is 5.32 Å². The molecule has 0 bridgehead atoms. The van der Waals surface area contributed by atoms with Gasteiger partial charge in [-0.25, -0.2) is 0 Å².